The minimum atomic E-state index is -3.96. The predicted molar refractivity (Wildman–Crippen MR) is 189 cm³/mol. The second kappa shape index (κ2) is 13.0. The van der Waals surface area contributed by atoms with E-state index in [9.17, 15) is 13.5 Å². The molecule has 0 unspecified atom stereocenters. The summed E-state index contributed by atoms with van der Waals surface area (Å²) in [6.45, 7) is 7.27. The van der Waals surface area contributed by atoms with Crippen LogP contribution in [-0.4, -0.2) is 29.7 Å². The first-order valence-electron chi connectivity index (χ1n) is 15.0. The molecule has 2 N–H and O–H groups in total. The van der Waals surface area contributed by atoms with Gasteiger partial charge < -0.3 is 14.4 Å². The zero-order valence-electron chi connectivity index (χ0n) is 26.1. The molecule has 1 aliphatic rings. The Morgan fingerprint density at radius 2 is 1.64 bits per heavy atom. The minimum Gasteiger partial charge on any atom is -0.494 e. The number of aliphatic hydroxyl groups is 1. The van der Waals surface area contributed by atoms with Crippen LogP contribution in [0.25, 0.3) is 28.1 Å². The van der Waals surface area contributed by atoms with Crippen LogP contribution in [0.1, 0.15) is 38.6 Å². The largest absolute Gasteiger partial charge is 0.494 e. The number of halogens is 2. The zero-order valence-corrected chi connectivity index (χ0v) is 28.4. The lowest BCUT2D eigenvalue weighted by Gasteiger charge is -2.18. The average Bonchev–Trinajstić information content (AvgIpc) is 3.55. The molecule has 242 valence electrons. The second-order valence-corrected chi connectivity index (χ2v) is 14.9. The number of anilines is 1. The number of ether oxygens (including phenoxy) is 1. The maximum absolute atomic E-state index is 12.6. The van der Waals surface area contributed by atoms with Crippen molar-refractivity contribution in [3.8, 4) is 33.8 Å². The Morgan fingerprint density at radius 1 is 0.894 bits per heavy atom. The van der Waals surface area contributed by atoms with Crippen molar-refractivity contribution in [1.29, 1.82) is 0 Å². The van der Waals surface area contributed by atoms with Crippen molar-refractivity contribution in [2.24, 2.45) is 5.41 Å². The van der Waals surface area contributed by atoms with Gasteiger partial charge in [-0.05, 0) is 77.1 Å². The van der Waals surface area contributed by atoms with Crippen molar-refractivity contribution in [3.63, 3.8) is 0 Å². The van der Waals surface area contributed by atoms with Crippen molar-refractivity contribution in [3.05, 3.63) is 131 Å². The van der Waals surface area contributed by atoms with Crippen LogP contribution < -0.4 is 13.8 Å². The zero-order chi connectivity index (χ0) is 33.3. The molecule has 0 saturated heterocycles. The second-order valence-electron chi connectivity index (χ2n) is 12.5. The van der Waals surface area contributed by atoms with Crippen LogP contribution in [0.3, 0.4) is 0 Å². The van der Waals surface area contributed by atoms with Gasteiger partial charge in [-0.3, -0.25) is 0 Å². The number of hydrogen-bond donors (Lipinski definition) is 2. The van der Waals surface area contributed by atoms with E-state index in [4.69, 9.17) is 32.9 Å². The summed E-state index contributed by atoms with van der Waals surface area (Å²) in [5.74, 6) is 1.10. The molecule has 5 aromatic rings. The van der Waals surface area contributed by atoms with E-state index in [-0.39, 0.29) is 5.41 Å². The summed E-state index contributed by atoms with van der Waals surface area (Å²) in [4.78, 5) is 4.97. The van der Waals surface area contributed by atoms with E-state index in [1.165, 1.54) is 0 Å². The highest BCUT2D eigenvalue weighted by molar-refractivity contribution is 7.91. The van der Waals surface area contributed by atoms with Crippen molar-refractivity contribution in [2.45, 2.75) is 33.6 Å². The van der Waals surface area contributed by atoms with Gasteiger partial charge in [0.1, 0.15) is 11.6 Å². The minimum absolute atomic E-state index is 0.208. The molecule has 0 bridgehead atoms. The van der Waals surface area contributed by atoms with E-state index < -0.39 is 16.1 Å². The van der Waals surface area contributed by atoms with Crippen LogP contribution >= 0.6 is 23.2 Å². The Balaban J connectivity index is 1.31. The van der Waals surface area contributed by atoms with Gasteiger partial charge in [0.15, 0.2) is 0 Å². The monoisotopic (exact) mass is 688 g/mol. The number of aliphatic hydroxyl groups excluding tert-OH is 1. The molecule has 11 heteroatoms. The topological polar surface area (TPSA) is 96.7 Å². The third kappa shape index (κ3) is 7.59. The summed E-state index contributed by atoms with van der Waals surface area (Å²) in [5, 5.41) is 10.8. The standard InChI is InChI=1S/C36H34Cl2N4O4S/c1-36(2,3)16-17-46-30-9-4-6-26(19-30)25-12-10-24(11-13-25)18-34-39-33(31-15-14-27(37)20-32(31)38)22-41(34)28-7-5-8-29(21-28)42-23-35(43)40-47(42,44)45/h4-15,19-23,40,43H,16-18H2,1-3H3. The molecule has 0 atom stereocenters. The van der Waals surface area contributed by atoms with Crippen LogP contribution in [0, 0.1) is 5.41 Å². The number of benzene rings is 4. The fourth-order valence-corrected chi connectivity index (χ4v) is 6.76. The third-order valence-corrected chi connectivity index (χ3v) is 9.53. The molecular formula is C36H34Cl2N4O4S. The van der Waals surface area contributed by atoms with Gasteiger partial charge in [-0.2, -0.15) is 8.42 Å². The highest BCUT2D eigenvalue weighted by atomic mass is 35.5. The van der Waals surface area contributed by atoms with Crippen LogP contribution in [0.4, 0.5) is 5.69 Å². The highest BCUT2D eigenvalue weighted by Crippen LogP contribution is 2.33. The third-order valence-electron chi connectivity index (χ3n) is 7.68. The fraction of sp³-hybridized carbons (Fsp3) is 0.194. The predicted octanol–water partition coefficient (Wildman–Crippen LogP) is 8.93. The molecule has 0 saturated carbocycles. The molecule has 0 spiro atoms. The summed E-state index contributed by atoms with van der Waals surface area (Å²) in [6.07, 6.45) is 4.44. The van der Waals surface area contributed by atoms with Crippen molar-refractivity contribution >= 4 is 39.1 Å². The molecule has 0 aliphatic carbocycles. The lowest BCUT2D eigenvalue weighted by Crippen LogP contribution is -2.29. The summed E-state index contributed by atoms with van der Waals surface area (Å²) in [7, 11) is -3.96. The van der Waals surface area contributed by atoms with Crippen LogP contribution in [0.5, 0.6) is 5.75 Å². The molecule has 1 aromatic heterocycles. The molecule has 8 nitrogen and oxygen atoms in total. The van der Waals surface area contributed by atoms with Gasteiger partial charge in [-0.15, -0.1) is 0 Å². The van der Waals surface area contributed by atoms with Crippen LogP contribution in [-0.2, 0) is 16.6 Å². The van der Waals surface area contributed by atoms with E-state index in [1.54, 1.807) is 30.3 Å². The maximum Gasteiger partial charge on any atom is 0.330 e. The SMILES string of the molecule is CC(C)(C)CCOc1cccc(-c2ccc(Cc3nc(-c4ccc(Cl)cc4Cl)cn3-c3cccc(N4C=C(O)NS4(=O)=O)c3)cc2)c1. The average molecular weight is 690 g/mol. The van der Waals surface area contributed by atoms with Crippen molar-refractivity contribution in [2.75, 3.05) is 10.9 Å². The van der Waals surface area contributed by atoms with Crippen molar-refractivity contribution in [1.82, 2.24) is 14.3 Å². The first-order valence-corrected chi connectivity index (χ1v) is 17.2. The Kier molecular flexibility index (Phi) is 8.98. The number of aromatic nitrogens is 2. The summed E-state index contributed by atoms with van der Waals surface area (Å²) >= 11 is 12.7. The van der Waals surface area contributed by atoms with Gasteiger partial charge in [-0.1, -0.05) is 86.4 Å². The number of rotatable bonds is 9. The molecular weight excluding hydrogens is 655 g/mol. The fourth-order valence-electron chi connectivity index (χ4n) is 5.21. The lowest BCUT2D eigenvalue weighted by atomic mass is 9.93. The van der Waals surface area contributed by atoms with Gasteiger partial charge in [-0.25, -0.2) is 14.0 Å². The van der Waals surface area contributed by atoms with E-state index in [2.05, 4.69) is 61.9 Å². The van der Waals surface area contributed by atoms with Gasteiger partial charge >= 0.3 is 10.2 Å². The molecule has 47 heavy (non-hydrogen) atoms. The lowest BCUT2D eigenvalue weighted by molar-refractivity contribution is 0.243. The quantitative estimate of drug-likeness (QED) is 0.161. The molecule has 0 amide bonds. The van der Waals surface area contributed by atoms with Crippen LogP contribution in [0.2, 0.25) is 10.0 Å². The number of nitrogens with one attached hydrogen (secondary N) is 1. The number of nitrogens with zero attached hydrogens (tertiary/aromatic N) is 3. The molecule has 0 fully saturated rings. The van der Waals surface area contributed by atoms with E-state index in [0.29, 0.717) is 51.5 Å². The molecule has 2 heterocycles. The van der Waals surface area contributed by atoms with Gasteiger partial charge in [0, 0.05) is 28.9 Å². The van der Waals surface area contributed by atoms with Gasteiger partial charge in [0.2, 0.25) is 5.88 Å². The highest BCUT2D eigenvalue weighted by Gasteiger charge is 2.29. The molecule has 4 aromatic carbocycles. The van der Waals surface area contributed by atoms with E-state index in [0.717, 1.165) is 39.4 Å². The summed E-state index contributed by atoms with van der Waals surface area (Å²) in [5.41, 5.74) is 5.74. The first-order chi connectivity index (χ1) is 22.3. The van der Waals surface area contributed by atoms with Gasteiger partial charge in [0.05, 0.1) is 29.2 Å². The Bertz CT molecular complexity index is 2070. The van der Waals surface area contributed by atoms with E-state index >= 15 is 0 Å². The molecule has 0 radical (unpaired) electrons. The normalized spacial score (nSPS) is 14.1. The molecule has 6 rings (SSSR count). The summed E-state index contributed by atoms with van der Waals surface area (Å²) in [6, 6.07) is 28.6. The van der Waals surface area contributed by atoms with Crippen molar-refractivity contribution < 1.29 is 18.3 Å². The Hall–Kier alpha value is -4.44. The van der Waals surface area contributed by atoms with E-state index in [1.807, 2.05) is 35.0 Å². The van der Waals surface area contributed by atoms with Gasteiger partial charge in [0.25, 0.3) is 0 Å². The van der Waals surface area contributed by atoms with Crippen LogP contribution in [0.15, 0.2) is 109 Å². The molecule has 1 aliphatic heterocycles. The Labute approximate surface area is 285 Å². The maximum atomic E-state index is 12.6. The number of imidazole rings is 1. The smallest absolute Gasteiger partial charge is 0.330 e. The Morgan fingerprint density at radius 3 is 2.34 bits per heavy atom. The first kappa shape index (κ1) is 32.5. The summed E-state index contributed by atoms with van der Waals surface area (Å²) < 4.78 is 36.1. The number of hydrogen-bond acceptors (Lipinski definition) is 5.